The maximum atomic E-state index is 14.1. The Bertz CT molecular complexity index is 1110. The maximum Gasteiger partial charge on any atom is 0.416 e. The van der Waals surface area contributed by atoms with Crippen LogP contribution >= 0.6 is 0 Å². The molecule has 0 aliphatic carbocycles. The maximum absolute atomic E-state index is 14.1. The number of hydrogen-bond acceptors (Lipinski definition) is 6. The Kier molecular flexibility index (Phi) is 5.58. The fourth-order valence-electron chi connectivity index (χ4n) is 2.21. The number of nitrogens with one attached hydrogen (secondary N) is 2. The molecule has 2 aromatic carbocycles. The van der Waals surface area contributed by atoms with Crippen molar-refractivity contribution in [2.75, 3.05) is 5.32 Å². The molecule has 1 heterocycles. The highest BCUT2D eigenvalue weighted by atomic mass is 19.4. The summed E-state index contributed by atoms with van der Waals surface area (Å²) in [6.07, 6.45) is -3.91. The zero-order valence-electron chi connectivity index (χ0n) is 14.4. The summed E-state index contributed by atoms with van der Waals surface area (Å²) in [6.45, 7) is 0. The number of halogens is 6. The van der Waals surface area contributed by atoms with E-state index < -0.39 is 34.9 Å². The molecule has 7 nitrogen and oxygen atoms in total. The molecule has 0 bridgehead atoms. The normalized spacial score (nSPS) is 11.8. The number of allylic oxidation sites excluding steroid dienone is 1. The Morgan fingerprint density at radius 1 is 1.13 bits per heavy atom. The van der Waals surface area contributed by atoms with E-state index in [9.17, 15) is 26.3 Å². The minimum Gasteiger partial charge on any atom is -0.449 e. The third-order valence-electron chi connectivity index (χ3n) is 3.56. The number of ether oxygens (including phenoxy) is 1. The van der Waals surface area contributed by atoms with Crippen LogP contribution in [-0.4, -0.2) is 20.6 Å². The van der Waals surface area contributed by atoms with Gasteiger partial charge in [0.25, 0.3) is 0 Å². The van der Waals surface area contributed by atoms with Gasteiger partial charge < -0.3 is 10.1 Å². The fraction of sp³-hybridized carbons (Fsp3) is 0.0588. The lowest BCUT2D eigenvalue weighted by atomic mass is 10.2. The van der Waals surface area contributed by atoms with E-state index in [1.54, 1.807) is 6.07 Å². The van der Waals surface area contributed by atoms with Crippen LogP contribution in [0.4, 0.5) is 32.0 Å². The van der Waals surface area contributed by atoms with Gasteiger partial charge in [0.05, 0.1) is 11.3 Å². The van der Waals surface area contributed by atoms with E-state index in [0.717, 1.165) is 24.4 Å². The number of rotatable bonds is 5. The van der Waals surface area contributed by atoms with Gasteiger partial charge in [0, 0.05) is 12.3 Å². The smallest absolute Gasteiger partial charge is 0.416 e. The molecule has 0 radical (unpaired) electrons. The first-order valence-electron chi connectivity index (χ1n) is 7.83. The second-order valence-corrected chi connectivity index (χ2v) is 5.56. The first-order chi connectivity index (χ1) is 14.2. The van der Waals surface area contributed by atoms with Crippen molar-refractivity contribution < 1.29 is 31.1 Å². The molecule has 30 heavy (non-hydrogen) atoms. The lowest BCUT2D eigenvalue weighted by molar-refractivity contribution is -0.138. The second kappa shape index (κ2) is 8.11. The van der Waals surface area contributed by atoms with Gasteiger partial charge in [0.1, 0.15) is 17.5 Å². The van der Waals surface area contributed by atoms with Crippen LogP contribution in [0.25, 0.3) is 5.57 Å². The largest absolute Gasteiger partial charge is 0.449 e. The van der Waals surface area contributed by atoms with Crippen molar-refractivity contribution in [2.24, 2.45) is 0 Å². The molecular weight excluding hydrogens is 418 g/mol. The van der Waals surface area contributed by atoms with Crippen LogP contribution in [0.3, 0.4) is 0 Å². The number of nitrogens with zero attached hydrogens (tertiary/aromatic N) is 4. The molecule has 0 atom stereocenters. The van der Waals surface area contributed by atoms with Gasteiger partial charge in [-0.3, -0.25) is 0 Å². The van der Waals surface area contributed by atoms with Crippen molar-refractivity contribution in [2.45, 2.75) is 6.18 Å². The van der Waals surface area contributed by atoms with E-state index in [-0.39, 0.29) is 35.0 Å². The standard InChI is InChI=1S/C17H8F6N6O/c18-10-1-2-14(13(5-10)25-7-8(6-24)16-26-28-29-27-16)30-15-11(19)3-9(4-12(15)20)17(21,22)23/h1-5,7,25H,(H,26,27,28,29). The third kappa shape index (κ3) is 4.49. The van der Waals surface area contributed by atoms with Crippen molar-refractivity contribution in [3.63, 3.8) is 0 Å². The summed E-state index contributed by atoms with van der Waals surface area (Å²) in [4.78, 5) is 0. The molecule has 0 unspecified atom stereocenters. The SMILES string of the molecule is N#CC(=CNc1cc(F)ccc1Oc1c(F)cc(C(F)(F)F)cc1F)c1nn[nH]n1. The number of nitriles is 1. The second-order valence-electron chi connectivity index (χ2n) is 5.56. The first kappa shape index (κ1) is 20.6. The number of alkyl halides is 3. The number of aromatic nitrogens is 4. The average molecular weight is 426 g/mol. The predicted octanol–water partition coefficient (Wildman–Crippen LogP) is 4.40. The lowest BCUT2D eigenvalue weighted by Gasteiger charge is -2.14. The van der Waals surface area contributed by atoms with Gasteiger partial charge in [-0.25, -0.2) is 13.2 Å². The highest BCUT2D eigenvalue weighted by Gasteiger charge is 2.33. The highest BCUT2D eigenvalue weighted by molar-refractivity contribution is 5.75. The molecule has 0 spiro atoms. The summed E-state index contributed by atoms with van der Waals surface area (Å²) in [6, 6.07) is 4.64. The van der Waals surface area contributed by atoms with Crippen LogP contribution < -0.4 is 10.1 Å². The molecule has 1 aromatic heterocycles. The van der Waals surface area contributed by atoms with E-state index in [2.05, 4.69) is 25.9 Å². The number of anilines is 1. The van der Waals surface area contributed by atoms with Crippen molar-refractivity contribution >= 4 is 11.3 Å². The number of H-pyrrole nitrogens is 1. The summed E-state index contributed by atoms with van der Waals surface area (Å²) >= 11 is 0. The number of aromatic amines is 1. The minimum absolute atomic E-state index is 0.0684. The topological polar surface area (TPSA) is 99.5 Å². The zero-order chi connectivity index (χ0) is 21.9. The number of tetrazole rings is 1. The van der Waals surface area contributed by atoms with Gasteiger partial charge in [0.15, 0.2) is 23.1 Å². The van der Waals surface area contributed by atoms with Crippen molar-refractivity contribution in [1.29, 1.82) is 5.26 Å². The molecule has 2 N–H and O–H groups in total. The Morgan fingerprint density at radius 2 is 1.83 bits per heavy atom. The monoisotopic (exact) mass is 426 g/mol. The molecule has 3 aromatic rings. The summed E-state index contributed by atoms with van der Waals surface area (Å²) in [7, 11) is 0. The fourth-order valence-corrected chi connectivity index (χ4v) is 2.21. The lowest BCUT2D eigenvalue weighted by Crippen LogP contribution is -2.07. The van der Waals surface area contributed by atoms with Gasteiger partial charge >= 0.3 is 6.18 Å². The Balaban J connectivity index is 1.94. The van der Waals surface area contributed by atoms with E-state index >= 15 is 0 Å². The van der Waals surface area contributed by atoms with Crippen LogP contribution in [0, 0.1) is 28.8 Å². The molecule has 154 valence electrons. The van der Waals surface area contributed by atoms with Crippen LogP contribution in [0.2, 0.25) is 0 Å². The first-order valence-corrected chi connectivity index (χ1v) is 7.83. The van der Waals surface area contributed by atoms with Gasteiger partial charge in [0.2, 0.25) is 5.82 Å². The summed E-state index contributed by atoms with van der Waals surface area (Å²) in [5.74, 6) is -5.56. The molecule has 0 aliphatic rings. The van der Waals surface area contributed by atoms with E-state index in [1.807, 2.05) is 0 Å². The molecule has 0 amide bonds. The average Bonchev–Trinajstić information content (AvgIpc) is 3.20. The molecule has 0 saturated heterocycles. The highest BCUT2D eigenvalue weighted by Crippen LogP contribution is 2.37. The molecule has 0 saturated carbocycles. The third-order valence-corrected chi connectivity index (χ3v) is 3.56. The van der Waals surface area contributed by atoms with Crippen LogP contribution in [0.1, 0.15) is 11.4 Å². The van der Waals surface area contributed by atoms with Gasteiger partial charge in [-0.1, -0.05) is 0 Å². The van der Waals surface area contributed by atoms with E-state index in [1.165, 1.54) is 0 Å². The van der Waals surface area contributed by atoms with E-state index in [4.69, 9.17) is 10.00 Å². The quantitative estimate of drug-likeness (QED) is 0.463. The number of hydrogen-bond donors (Lipinski definition) is 2. The molecule has 13 heteroatoms. The Morgan fingerprint density at radius 3 is 2.40 bits per heavy atom. The minimum atomic E-state index is -4.96. The van der Waals surface area contributed by atoms with Crippen LogP contribution in [0.5, 0.6) is 11.5 Å². The number of benzene rings is 2. The summed E-state index contributed by atoms with van der Waals surface area (Å²) in [5, 5.41) is 24.2. The van der Waals surface area contributed by atoms with Crippen LogP contribution in [-0.2, 0) is 6.18 Å². The summed E-state index contributed by atoms with van der Waals surface area (Å²) < 4.78 is 84.8. The molecular formula is C17H8F6N6O. The molecule has 0 fully saturated rings. The van der Waals surface area contributed by atoms with Gasteiger partial charge in [-0.15, -0.1) is 10.2 Å². The van der Waals surface area contributed by atoms with Gasteiger partial charge in [-0.2, -0.15) is 23.6 Å². The van der Waals surface area contributed by atoms with E-state index in [0.29, 0.717) is 0 Å². The molecule has 0 aliphatic heterocycles. The zero-order valence-corrected chi connectivity index (χ0v) is 14.4. The molecule has 3 rings (SSSR count). The Hall–Kier alpha value is -4.08. The van der Waals surface area contributed by atoms with Crippen LogP contribution in [0.15, 0.2) is 36.5 Å². The van der Waals surface area contributed by atoms with Crippen molar-refractivity contribution in [1.82, 2.24) is 20.6 Å². The Labute approximate surface area is 163 Å². The van der Waals surface area contributed by atoms with Crippen molar-refractivity contribution in [3.8, 4) is 17.6 Å². The van der Waals surface area contributed by atoms with Crippen molar-refractivity contribution in [3.05, 3.63) is 65.4 Å². The predicted molar refractivity (Wildman–Crippen MR) is 89.2 cm³/mol. The summed E-state index contributed by atoms with van der Waals surface area (Å²) in [5.41, 5.74) is -1.86. The van der Waals surface area contributed by atoms with Gasteiger partial charge in [-0.05, 0) is 29.5 Å².